The number of carbonyl (C=O) groups is 1. The van der Waals surface area contributed by atoms with Gasteiger partial charge in [-0.25, -0.2) is 4.79 Å². The Morgan fingerprint density at radius 1 is 0.952 bits per heavy atom. The number of hydrogen-bond acceptors (Lipinski definition) is 1. The molecular formula is C19H16O2. The highest BCUT2D eigenvalue weighted by atomic mass is 16.4. The summed E-state index contributed by atoms with van der Waals surface area (Å²) in [7, 11) is 0. The first-order valence-electron chi connectivity index (χ1n) is 7.03. The van der Waals surface area contributed by atoms with Crippen LogP contribution in [0.25, 0.3) is 5.57 Å². The number of fused-ring (bicyclic) bond motifs is 1. The Morgan fingerprint density at radius 3 is 2.43 bits per heavy atom. The van der Waals surface area contributed by atoms with Gasteiger partial charge in [-0.1, -0.05) is 60.7 Å². The molecule has 0 radical (unpaired) electrons. The van der Waals surface area contributed by atoms with E-state index in [-0.39, 0.29) is 0 Å². The van der Waals surface area contributed by atoms with Crippen LogP contribution in [0.5, 0.6) is 0 Å². The maximum Gasteiger partial charge on any atom is 0.328 e. The van der Waals surface area contributed by atoms with E-state index < -0.39 is 5.97 Å². The van der Waals surface area contributed by atoms with Gasteiger partial charge in [0.1, 0.15) is 0 Å². The largest absolute Gasteiger partial charge is 0.478 e. The molecule has 2 nitrogen and oxygen atoms in total. The summed E-state index contributed by atoms with van der Waals surface area (Å²) in [5.74, 6) is -0.909. The second kappa shape index (κ2) is 5.80. The molecule has 3 rings (SSSR count). The van der Waals surface area contributed by atoms with E-state index in [4.69, 9.17) is 5.11 Å². The Bertz CT molecular complexity index is 724. The lowest BCUT2D eigenvalue weighted by Crippen LogP contribution is -2.05. The highest BCUT2D eigenvalue weighted by Crippen LogP contribution is 2.36. The quantitative estimate of drug-likeness (QED) is 0.858. The van der Waals surface area contributed by atoms with Gasteiger partial charge in [0.15, 0.2) is 0 Å². The van der Waals surface area contributed by atoms with Crippen LogP contribution >= 0.6 is 0 Å². The van der Waals surface area contributed by atoms with Gasteiger partial charge in [-0.3, -0.25) is 0 Å². The second-order valence-corrected chi connectivity index (χ2v) is 5.09. The van der Waals surface area contributed by atoms with Crippen molar-refractivity contribution >= 4 is 11.5 Å². The number of hydrogen-bond donors (Lipinski definition) is 1. The first-order chi connectivity index (χ1) is 10.3. The molecule has 1 aliphatic carbocycles. The average Bonchev–Trinajstić information content (AvgIpc) is 2.53. The van der Waals surface area contributed by atoms with Crippen molar-refractivity contribution in [3.05, 3.63) is 89.0 Å². The van der Waals surface area contributed by atoms with E-state index in [2.05, 4.69) is 30.3 Å². The Hall–Kier alpha value is -2.61. The van der Waals surface area contributed by atoms with Crippen molar-refractivity contribution in [1.82, 2.24) is 0 Å². The van der Waals surface area contributed by atoms with Crippen LogP contribution in [0.3, 0.4) is 0 Å². The zero-order valence-corrected chi connectivity index (χ0v) is 11.6. The summed E-state index contributed by atoms with van der Waals surface area (Å²) in [5, 5.41) is 8.89. The van der Waals surface area contributed by atoms with Crippen LogP contribution in [-0.2, 0) is 11.2 Å². The maximum atomic E-state index is 10.8. The summed E-state index contributed by atoms with van der Waals surface area (Å²) < 4.78 is 0. The first kappa shape index (κ1) is 13.4. The van der Waals surface area contributed by atoms with E-state index >= 15 is 0 Å². The van der Waals surface area contributed by atoms with E-state index in [9.17, 15) is 4.79 Å². The number of benzene rings is 2. The molecule has 104 valence electrons. The van der Waals surface area contributed by atoms with Crippen molar-refractivity contribution in [1.29, 1.82) is 0 Å². The Balaban J connectivity index is 2.19. The lowest BCUT2D eigenvalue weighted by molar-refractivity contribution is -0.131. The van der Waals surface area contributed by atoms with Gasteiger partial charge in [-0.2, -0.15) is 0 Å². The van der Waals surface area contributed by atoms with Crippen LogP contribution < -0.4 is 0 Å². The summed E-state index contributed by atoms with van der Waals surface area (Å²) in [6.07, 6.45) is 4.78. The first-order valence-corrected chi connectivity index (χ1v) is 7.03. The third-order valence-corrected chi connectivity index (χ3v) is 3.76. The summed E-state index contributed by atoms with van der Waals surface area (Å²) in [5.41, 5.74) is 5.90. The van der Waals surface area contributed by atoms with E-state index in [1.54, 1.807) is 6.08 Å². The van der Waals surface area contributed by atoms with Gasteiger partial charge in [0.2, 0.25) is 0 Å². The number of carboxylic acids is 1. The zero-order valence-electron chi connectivity index (χ0n) is 11.6. The fourth-order valence-electron chi connectivity index (χ4n) is 2.83. The zero-order chi connectivity index (χ0) is 14.7. The Morgan fingerprint density at radius 2 is 1.67 bits per heavy atom. The van der Waals surface area contributed by atoms with Gasteiger partial charge in [0.05, 0.1) is 0 Å². The molecule has 0 bridgehead atoms. The average molecular weight is 276 g/mol. The third-order valence-electron chi connectivity index (χ3n) is 3.76. The molecular weight excluding hydrogens is 260 g/mol. The van der Waals surface area contributed by atoms with Gasteiger partial charge in [0.25, 0.3) is 0 Å². The lowest BCUT2D eigenvalue weighted by atomic mass is 9.82. The molecule has 0 atom stereocenters. The summed E-state index contributed by atoms with van der Waals surface area (Å²) in [4.78, 5) is 10.8. The van der Waals surface area contributed by atoms with Crippen molar-refractivity contribution in [2.75, 3.05) is 0 Å². The van der Waals surface area contributed by atoms with Gasteiger partial charge < -0.3 is 5.11 Å². The Kier molecular flexibility index (Phi) is 3.69. The summed E-state index contributed by atoms with van der Waals surface area (Å²) in [6, 6.07) is 18.5. The molecule has 21 heavy (non-hydrogen) atoms. The molecule has 1 N–H and O–H groups in total. The molecule has 2 aromatic rings. The summed E-state index contributed by atoms with van der Waals surface area (Å²) in [6.45, 7) is 0. The van der Waals surface area contributed by atoms with Gasteiger partial charge in [0, 0.05) is 6.08 Å². The number of carboxylic acid groups (broad SMARTS) is 1. The molecule has 0 fully saturated rings. The fourth-order valence-corrected chi connectivity index (χ4v) is 2.83. The Labute approximate surface area is 124 Å². The monoisotopic (exact) mass is 276 g/mol. The van der Waals surface area contributed by atoms with Crippen molar-refractivity contribution < 1.29 is 9.90 Å². The van der Waals surface area contributed by atoms with Crippen molar-refractivity contribution in [3.8, 4) is 0 Å². The minimum Gasteiger partial charge on any atom is -0.478 e. The predicted octanol–water partition coefficient (Wildman–Crippen LogP) is 4.08. The van der Waals surface area contributed by atoms with Crippen LogP contribution in [0.4, 0.5) is 0 Å². The standard InChI is InChI=1S/C19H16O2/c20-18(21)13-12-16-11-10-14-6-4-5-9-17(14)19(16)15-7-2-1-3-8-15/h1-9,12-13H,10-11H2,(H,20,21)/b13-12+. The van der Waals surface area contributed by atoms with Gasteiger partial charge in [-0.15, -0.1) is 0 Å². The minimum absolute atomic E-state index is 0.866. The van der Waals surface area contributed by atoms with Crippen molar-refractivity contribution in [2.24, 2.45) is 0 Å². The lowest BCUT2D eigenvalue weighted by Gasteiger charge is -2.22. The predicted molar refractivity (Wildman–Crippen MR) is 84.0 cm³/mol. The smallest absolute Gasteiger partial charge is 0.328 e. The van der Waals surface area contributed by atoms with Crippen molar-refractivity contribution in [3.63, 3.8) is 0 Å². The number of aliphatic carboxylic acids is 1. The molecule has 2 aromatic carbocycles. The molecule has 0 aromatic heterocycles. The summed E-state index contributed by atoms with van der Waals surface area (Å²) >= 11 is 0. The molecule has 0 saturated carbocycles. The molecule has 2 heteroatoms. The number of allylic oxidation sites excluding steroid dienone is 2. The van der Waals surface area contributed by atoms with E-state index in [0.29, 0.717) is 0 Å². The highest BCUT2D eigenvalue weighted by Gasteiger charge is 2.18. The molecule has 0 unspecified atom stereocenters. The van der Waals surface area contributed by atoms with Crippen LogP contribution in [0.2, 0.25) is 0 Å². The third kappa shape index (κ3) is 2.79. The van der Waals surface area contributed by atoms with Gasteiger partial charge >= 0.3 is 5.97 Å². The van der Waals surface area contributed by atoms with E-state index in [1.807, 2.05) is 24.3 Å². The number of rotatable bonds is 3. The maximum absolute atomic E-state index is 10.8. The molecule has 0 amide bonds. The molecule has 1 aliphatic rings. The topological polar surface area (TPSA) is 37.3 Å². The SMILES string of the molecule is O=C(O)/C=C/C1=C(c2ccccc2)c2ccccc2CC1. The minimum atomic E-state index is -0.909. The fraction of sp³-hybridized carbons (Fsp3) is 0.105. The molecule has 0 saturated heterocycles. The van der Waals surface area contributed by atoms with E-state index in [1.165, 1.54) is 17.2 Å². The second-order valence-electron chi connectivity index (χ2n) is 5.09. The van der Waals surface area contributed by atoms with Crippen LogP contribution in [-0.4, -0.2) is 11.1 Å². The normalized spacial score (nSPS) is 14.3. The molecule has 0 heterocycles. The molecule has 0 aliphatic heterocycles. The van der Waals surface area contributed by atoms with Gasteiger partial charge in [-0.05, 0) is 40.7 Å². The van der Waals surface area contributed by atoms with Crippen LogP contribution in [0, 0.1) is 0 Å². The van der Waals surface area contributed by atoms with Crippen LogP contribution in [0.15, 0.2) is 72.3 Å². The van der Waals surface area contributed by atoms with Crippen molar-refractivity contribution in [2.45, 2.75) is 12.8 Å². The van der Waals surface area contributed by atoms with E-state index in [0.717, 1.165) is 29.6 Å². The van der Waals surface area contributed by atoms with Crippen LogP contribution in [0.1, 0.15) is 23.1 Å². The highest BCUT2D eigenvalue weighted by molar-refractivity contribution is 5.88. The molecule has 0 spiro atoms. The number of aryl methyl sites for hydroxylation is 1.